The van der Waals surface area contributed by atoms with Gasteiger partial charge in [-0.2, -0.15) is 8.42 Å². The number of hydrogen-bond donors (Lipinski definition) is 1. The predicted molar refractivity (Wildman–Crippen MR) is 48.3 cm³/mol. The summed E-state index contributed by atoms with van der Waals surface area (Å²) in [5, 5.41) is 11.3. The Morgan fingerprint density at radius 3 is 2.73 bits per heavy atom. The first-order valence-corrected chi connectivity index (χ1v) is 5.74. The summed E-state index contributed by atoms with van der Waals surface area (Å²) in [5.74, 6) is -1.81. The highest BCUT2D eigenvalue weighted by Crippen LogP contribution is 2.28. The molecule has 1 aromatic heterocycles. The van der Waals surface area contributed by atoms with Crippen molar-refractivity contribution in [1.29, 1.82) is 0 Å². The van der Waals surface area contributed by atoms with Gasteiger partial charge in [-0.3, -0.25) is 4.79 Å². The summed E-state index contributed by atoms with van der Waals surface area (Å²) in [6, 6.07) is 0. The van der Waals surface area contributed by atoms with E-state index in [-0.39, 0.29) is 10.8 Å². The van der Waals surface area contributed by atoms with E-state index in [0.29, 0.717) is 0 Å². The van der Waals surface area contributed by atoms with E-state index in [1.807, 2.05) is 0 Å². The Kier molecular flexibility index (Phi) is 3.20. The van der Waals surface area contributed by atoms with Gasteiger partial charge < -0.3 is 13.8 Å². The van der Waals surface area contributed by atoms with E-state index in [4.69, 9.17) is 16.7 Å². The van der Waals surface area contributed by atoms with Crippen LogP contribution in [0.4, 0.5) is 0 Å². The van der Waals surface area contributed by atoms with Gasteiger partial charge in [-0.05, 0) is 5.16 Å². The second-order valence-electron chi connectivity index (χ2n) is 2.58. The van der Waals surface area contributed by atoms with E-state index in [1.165, 1.54) is 0 Å². The van der Waals surface area contributed by atoms with Gasteiger partial charge in [0, 0.05) is 0 Å². The molecule has 1 aromatic rings. The van der Waals surface area contributed by atoms with Crippen LogP contribution in [0.1, 0.15) is 5.76 Å². The third-order valence-electron chi connectivity index (χ3n) is 1.21. The molecule has 0 unspecified atom stereocenters. The van der Waals surface area contributed by atoms with E-state index < -0.39 is 28.4 Å². The van der Waals surface area contributed by atoms with Crippen LogP contribution in [0.2, 0.25) is 5.02 Å². The molecule has 7 nitrogen and oxygen atoms in total. The molecule has 0 amide bonds. The number of aliphatic carboxylic acids is 1. The number of nitrogens with zero attached hydrogens (tertiary/aromatic N) is 1. The van der Waals surface area contributed by atoms with Crippen LogP contribution in [-0.4, -0.2) is 30.9 Å². The van der Waals surface area contributed by atoms with Gasteiger partial charge in [-0.25, -0.2) is 0 Å². The van der Waals surface area contributed by atoms with E-state index in [0.717, 1.165) is 6.26 Å². The van der Waals surface area contributed by atoms with Crippen molar-refractivity contribution in [2.75, 3.05) is 6.26 Å². The summed E-state index contributed by atoms with van der Waals surface area (Å²) in [6.07, 6.45) is 0.299. The molecule has 0 saturated heterocycles. The summed E-state index contributed by atoms with van der Waals surface area (Å²) in [4.78, 5) is 10.3. The minimum Gasteiger partial charge on any atom is -0.481 e. The van der Waals surface area contributed by atoms with Gasteiger partial charge in [-0.15, -0.1) is 0 Å². The highest BCUT2D eigenvalue weighted by molar-refractivity contribution is 7.86. The van der Waals surface area contributed by atoms with Crippen molar-refractivity contribution >= 4 is 27.7 Å². The molecule has 1 rings (SSSR count). The van der Waals surface area contributed by atoms with Crippen LogP contribution in [0, 0.1) is 0 Å². The van der Waals surface area contributed by atoms with E-state index in [1.54, 1.807) is 0 Å². The fraction of sp³-hybridized carbons (Fsp3) is 0.333. The number of halogens is 1. The predicted octanol–water partition coefficient (Wildman–Crippen LogP) is 0.294. The highest BCUT2D eigenvalue weighted by atomic mass is 35.5. The summed E-state index contributed by atoms with van der Waals surface area (Å²) in [5.41, 5.74) is 0. The summed E-state index contributed by atoms with van der Waals surface area (Å²) in [6.45, 7) is 0. The molecule has 1 heterocycles. The first kappa shape index (κ1) is 11.8. The van der Waals surface area contributed by atoms with Crippen LogP contribution in [0.5, 0.6) is 5.88 Å². The lowest BCUT2D eigenvalue weighted by Gasteiger charge is -1.96. The molecule has 15 heavy (non-hydrogen) atoms. The number of carboxylic acids is 1. The molecule has 0 aliphatic carbocycles. The Hall–Kier alpha value is -1.28. The Bertz CT molecular complexity index is 478. The van der Waals surface area contributed by atoms with E-state index in [2.05, 4.69) is 13.9 Å². The molecule has 0 aromatic carbocycles. The van der Waals surface area contributed by atoms with E-state index in [9.17, 15) is 13.2 Å². The van der Waals surface area contributed by atoms with Crippen molar-refractivity contribution in [3.05, 3.63) is 10.8 Å². The summed E-state index contributed by atoms with van der Waals surface area (Å²) in [7, 11) is -3.77. The SMILES string of the molecule is CS(=O)(=O)Oc1noc(CC(=O)O)c1Cl. The van der Waals surface area contributed by atoms with Crippen LogP contribution < -0.4 is 4.18 Å². The Labute approximate surface area is 89.7 Å². The largest absolute Gasteiger partial charge is 0.481 e. The molecule has 0 bridgehead atoms. The number of carboxylic acid groups (broad SMARTS) is 1. The molecule has 0 aliphatic rings. The highest BCUT2D eigenvalue weighted by Gasteiger charge is 2.20. The molecule has 1 N–H and O–H groups in total. The van der Waals surface area contributed by atoms with Crippen molar-refractivity contribution in [3.8, 4) is 5.88 Å². The first-order valence-electron chi connectivity index (χ1n) is 3.55. The van der Waals surface area contributed by atoms with Crippen LogP contribution >= 0.6 is 11.6 Å². The molecule has 0 fully saturated rings. The summed E-state index contributed by atoms with van der Waals surface area (Å²) < 4.78 is 30.2. The second kappa shape index (κ2) is 4.07. The average Bonchev–Trinajstić information content (AvgIpc) is 2.32. The van der Waals surface area contributed by atoms with Gasteiger partial charge in [-0.1, -0.05) is 11.6 Å². The Morgan fingerprint density at radius 2 is 2.27 bits per heavy atom. The monoisotopic (exact) mass is 255 g/mol. The molecule has 0 radical (unpaired) electrons. The maximum atomic E-state index is 10.7. The van der Waals surface area contributed by atoms with Crippen LogP contribution in [0.15, 0.2) is 4.52 Å². The standard InChI is InChI=1S/C6H6ClNO6S/c1-15(11,12)14-6-5(7)3(13-8-6)2-4(9)10/h2H2,1H3,(H,9,10). The zero-order valence-electron chi connectivity index (χ0n) is 7.43. The Morgan fingerprint density at radius 1 is 1.67 bits per heavy atom. The number of carbonyl (C=O) groups is 1. The maximum Gasteiger partial charge on any atom is 0.311 e. The van der Waals surface area contributed by atoms with Gasteiger partial charge in [0.2, 0.25) is 0 Å². The molecular formula is C6H6ClNO6S. The maximum absolute atomic E-state index is 10.7. The van der Waals surface area contributed by atoms with Crippen LogP contribution in [0.25, 0.3) is 0 Å². The van der Waals surface area contributed by atoms with Crippen LogP contribution in [-0.2, 0) is 21.3 Å². The van der Waals surface area contributed by atoms with E-state index >= 15 is 0 Å². The van der Waals surface area contributed by atoms with Crippen molar-refractivity contribution < 1.29 is 27.0 Å². The van der Waals surface area contributed by atoms with Gasteiger partial charge in [0.15, 0.2) is 5.76 Å². The average molecular weight is 256 g/mol. The van der Waals surface area contributed by atoms with Gasteiger partial charge in [0.05, 0.1) is 6.26 Å². The molecule has 0 aliphatic heterocycles. The minimum atomic E-state index is -3.77. The number of rotatable bonds is 4. The zero-order chi connectivity index (χ0) is 11.6. The first-order chi connectivity index (χ1) is 6.79. The lowest BCUT2D eigenvalue weighted by molar-refractivity contribution is -0.136. The lowest BCUT2D eigenvalue weighted by Crippen LogP contribution is -2.06. The Balaban J connectivity index is 2.94. The minimum absolute atomic E-state index is 0.164. The lowest BCUT2D eigenvalue weighted by atomic mass is 10.3. The van der Waals surface area contributed by atoms with Crippen molar-refractivity contribution in [2.24, 2.45) is 0 Å². The van der Waals surface area contributed by atoms with Gasteiger partial charge in [0.25, 0.3) is 5.88 Å². The van der Waals surface area contributed by atoms with Gasteiger partial charge in [0.1, 0.15) is 11.4 Å². The third kappa shape index (κ3) is 3.40. The summed E-state index contributed by atoms with van der Waals surface area (Å²) >= 11 is 5.57. The van der Waals surface area contributed by atoms with Crippen molar-refractivity contribution in [3.63, 3.8) is 0 Å². The quantitative estimate of drug-likeness (QED) is 0.771. The van der Waals surface area contributed by atoms with Crippen molar-refractivity contribution in [2.45, 2.75) is 6.42 Å². The molecule has 0 saturated carbocycles. The van der Waals surface area contributed by atoms with Gasteiger partial charge >= 0.3 is 16.1 Å². The smallest absolute Gasteiger partial charge is 0.311 e. The number of aromatic nitrogens is 1. The molecule has 0 spiro atoms. The zero-order valence-corrected chi connectivity index (χ0v) is 9.00. The second-order valence-corrected chi connectivity index (χ2v) is 4.54. The molecular weight excluding hydrogens is 250 g/mol. The molecule has 84 valence electrons. The number of hydrogen-bond acceptors (Lipinski definition) is 6. The fourth-order valence-electron chi connectivity index (χ4n) is 0.738. The van der Waals surface area contributed by atoms with Crippen LogP contribution in [0.3, 0.4) is 0 Å². The fourth-order valence-corrected chi connectivity index (χ4v) is 1.36. The topological polar surface area (TPSA) is 107 Å². The normalized spacial score (nSPS) is 11.3. The molecule has 0 atom stereocenters. The third-order valence-corrected chi connectivity index (χ3v) is 2.05. The van der Waals surface area contributed by atoms with Crippen molar-refractivity contribution in [1.82, 2.24) is 5.16 Å². The molecule has 9 heteroatoms.